The van der Waals surface area contributed by atoms with Crippen LogP contribution in [0.15, 0.2) is 53.8 Å². The van der Waals surface area contributed by atoms with Gasteiger partial charge in [0.05, 0.1) is 5.75 Å². The minimum atomic E-state index is -0.0769. The molecular weight excluding hydrogens is 448 g/mol. The fraction of sp³-hybridized carbons (Fsp3) is 0.320. The summed E-state index contributed by atoms with van der Waals surface area (Å²) < 4.78 is 7.39. The molecule has 0 radical (unpaired) electrons. The second-order valence-corrected chi connectivity index (χ2v) is 9.44. The van der Waals surface area contributed by atoms with Crippen LogP contribution in [0.1, 0.15) is 42.3 Å². The number of nitrogens with two attached hydrogens (primary N) is 1. The Morgan fingerprint density at radius 2 is 2.06 bits per heavy atom. The van der Waals surface area contributed by atoms with E-state index in [1.165, 1.54) is 27.4 Å². The van der Waals surface area contributed by atoms with Gasteiger partial charge in [0, 0.05) is 23.6 Å². The summed E-state index contributed by atoms with van der Waals surface area (Å²) in [6.45, 7) is 7.05. The van der Waals surface area contributed by atoms with Crippen LogP contribution in [0, 0.1) is 6.92 Å². The monoisotopic (exact) mass is 478 g/mol. The summed E-state index contributed by atoms with van der Waals surface area (Å²) >= 11 is 1.25. The summed E-state index contributed by atoms with van der Waals surface area (Å²) in [5, 5.41) is 12.9. The van der Waals surface area contributed by atoms with Crippen molar-refractivity contribution in [2.45, 2.75) is 44.9 Å². The zero-order valence-corrected chi connectivity index (χ0v) is 20.5. The van der Waals surface area contributed by atoms with Crippen molar-refractivity contribution in [2.75, 3.05) is 18.1 Å². The molecule has 2 aromatic heterocycles. The lowest BCUT2D eigenvalue weighted by Crippen LogP contribution is -2.27. The van der Waals surface area contributed by atoms with Crippen LogP contribution in [-0.2, 0) is 17.8 Å². The molecule has 4 aromatic rings. The normalized spacial score (nSPS) is 11.3. The maximum absolute atomic E-state index is 12.3. The van der Waals surface area contributed by atoms with Gasteiger partial charge in [-0.1, -0.05) is 55.9 Å². The van der Waals surface area contributed by atoms with E-state index in [1.807, 2.05) is 37.4 Å². The number of para-hydroxylation sites is 1. The number of ether oxygens (including phenoxy) is 1. The number of aromatic nitrogens is 4. The predicted octanol–water partition coefficient (Wildman–Crippen LogP) is 3.94. The third-order valence-electron chi connectivity index (χ3n) is 5.61. The van der Waals surface area contributed by atoms with Gasteiger partial charge in [-0.25, -0.2) is 4.68 Å². The van der Waals surface area contributed by atoms with Crippen LogP contribution in [0.3, 0.4) is 0 Å². The van der Waals surface area contributed by atoms with E-state index in [4.69, 9.17) is 10.6 Å². The number of hydrogen-bond acceptors (Lipinski definition) is 6. The van der Waals surface area contributed by atoms with E-state index >= 15 is 0 Å². The largest absolute Gasteiger partial charge is 0.485 e. The van der Waals surface area contributed by atoms with Gasteiger partial charge in [-0.05, 0) is 48.1 Å². The summed E-state index contributed by atoms with van der Waals surface area (Å²) in [5.74, 6) is 7.94. The molecule has 0 saturated heterocycles. The SMILES string of the molecule is Cc1ccc(C(C)C)c(OCc2nnc(SCC(=O)NCCc3c[nH]c4ccccc34)n2N)c1. The van der Waals surface area contributed by atoms with Crippen molar-refractivity contribution >= 4 is 28.6 Å². The molecule has 0 saturated carbocycles. The van der Waals surface area contributed by atoms with Crippen molar-refractivity contribution < 1.29 is 9.53 Å². The third-order valence-corrected chi connectivity index (χ3v) is 6.55. The second kappa shape index (κ2) is 10.6. The van der Waals surface area contributed by atoms with E-state index in [0.29, 0.717) is 23.4 Å². The Kier molecular flexibility index (Phi) is 7.42. The number of nitrogen functional groups attached to an aromatic ring is 1. The summed E-state index contributed by atoms with van der Waals surface area (Å²) in [7, 11) is 0. The van der Waals surface area contributed by atoms with E-state index in [1.54, 1.807) is 0 Å². The summed E-state index contributed by atoms with van der Waals surface area (Å²) in [6.07, 6.45) is 2.75. The number of aryl methyl sites for hydroxylation is 1. The molecule has 0 aliphatic carbocycles. The molecule has 8 nitrogen and oxygen atoms in total. The van der Waals surface area contributed by atoms with Crippen LogP contribution in [0.2, 0.25) is 0 Å². The number of rotatable bonds is 10. The molecule has 0 aliphatic heterocycles. The van der Waals surface area contributed by atoms with Gasteiger partial charge in [-0.15, -0.1) is 10.2 Å². The van der Waals surface area contributed by atoms with Crippen molar-refractivity contribution in [1.82, 2.24) is 25.2 Å². The first kappa shape index (κ1) is 23.7. The first-order valence-electron chi connectivity index (χ1n) is 11.3. The molecule has 9 heteroatoms. The lowest BCUT2D eigenvalue weighted by molar-refractivity contribution is -0.118. The summed E-state index contributed by atoms with van der Waals surface area (Å²) in [6, 6.07) is 14.3. The zero-order chi connectivity index (χ0) is 24.1. The molecule has 0 atom stereocenters. The molecule has 34 heavy (non-hydrogen) atoms. The highest BCUT2D eigenvalue weighted by Crippen LogP contribution is 2.28. The molecule has 1 amide bonds. The average molecular weight is 479 g/mol. The average Bonchev–Trinajstić information content (AvgIpc) is 3.39. The van der Waals surface area contributed by atoms with Crippen LogP contribution < -0.4 is 15.9 Å². The van der Waals surface area contributed by atoms with Crippen LogP contribution >= 0.6 is 11.8 Å². The van der Waals surface area contributed by atoms with Crippen LogP contribution in [0.4, 0.5) is 0 Å². The molecule has 2 aromatic carbocycles. The molecule has 0 bridgehead atoms. The van der Waals surface area contributed by atoms with Crippen molar-refractivity contribution in [3.63, 3.8) is 0 Å². The molecule has 0 spiro atoms. The maximum Gasteiger partial charge on any atom is 0.230 e. The molecule has 2 heterocycles. The van der Waals surface area contributed by atoms with Crippen molar-refractivity contribution in [1.29, 1.82) is 0 Å². The lowest BCUT2D eigenvalue weighted by atomic mass is 10.0. The quantitative estimate of drug-likeness (QED) is 0.235. The number of carbonyl (C=O) groups is 1. The minimum Gasteiger partial charge on any atom is -0.485 e. The van der Waals surface area contributed by atoms with Crippen LogP contribution in [-0.4, -0.2) is 38.1 Å². The van der Waals surface area contributed by atoms with Gasteiger partial charge in [0.15, 0.2) is 5.82 Å². The Labute approximate surface area is 203 Å². The van der Waals surface area contributed by atoms with Gasteiger partial charge in [0.25, 0.3) is 0 Å². The number of fused-ring (bicyclic) bond motifs is 1. The molecule has 0 fully saturated rings. The number of benzene rings is 2. The number of nitrogens with one attached hydrogen (secondary N) is 2. The molecular formula is C25H30N6O2S. The van der Waals surface area contributed by atoms with E-state index in [0.717, 1.165) is 28.8 Å². The first-order valence-corrected chi connectivity index (χ1v) is 12.3. The summed E-state index contributed by atoms with van der Waals surface area (Å²) in [5.41, 5.74) is 4.54. The number of amides is 1. The van der Waals surface area contributed by atoms with Gasteiger partial charge in [-0.3, -0.25) is 4.79 Å². The Morgan fingerprint density at radius 1 is 1.24 bits per heavy atom. The van der Waals surface area contributed by atoms with Gasteiger partial charge >= 0.3 is 0 Å². The van der Waals surface area contributed by atoms with Crippen molar-refractivity contribution in [3.05, 3.63) is 71.2 Å². The van der Waals surface area contributed by atoms with Gasteiger partial charge in [0.2, 0.25) is 11.1 Å². The number of hydrogen-bond donors (Lipinski definition) is 3. The Hall–Kier alpha value is -3.46. The number of thioether (sulfide) groups is 1. The highest BCUT2D eigenvalue weighted by atomic mass is 32.2. The maximum atomic E-state index is 12.3. The van der Waals surface area contributed by atoms with Crippen LogP contribution in [0.25, 0.3) is 10.9 Å². The smallest absolute Gasteiger partial charge is 0.230 e. The summed E-state index contributed by atoms with van der Waals surface area (Å²) in [4.78, 5) is 15.6. The predicted molar refractivity (Wildman–Crippen MR) is 136 cm³/mol. The first-order chi connectivity index (χ1) is 16.4. The zero-order valence-electron chi connectivity index (χ0n) is 19.7. The standard InChI is InChI=1S/C25H30N6O2S/c1-16(2)19-9-8-17(3)12-22(19)33-14-23-29-30-25(31(23)26)34-15-24(32)27-11-10-18-13-28-21-7-5-4-6-20(18)21/h4-9,12-13,16,28H,10-11,14-15,26H2,1-3H3,(H,27,32). The van der Waals surface area contributed by atoms with Crippen molar-refractivity contribution in [2.24, 2.45) is 0 Å². The Morgan fingerprint density at radius 3 is 2.88 bits per heavy atom. The van der Waals surface area contributed by atoms with Crippen molar-refractivity contribution in [3.8, 4) is 5.75 Å². The molecule has 0 aliphatic rings. The second-order valence-electron chi connectivity index (χ2n) is 8.50. The number of aromatic amines is 1. The molecule has 4 N–H and O–H groups in total. The fourth-order valence-electron chi connectivity index (χ4n) is 3.75. The molecule has 0 unspecified atom stereocenters. The van der Waals surface area contributed by atoms with Crippen LogP contribution in [0.5, 0.6) is 5.75 Å². The highest BCUT2D eigenvalue weighted by molar-refractivity contribution is 7.99. The van der Waals surface area contributed by atoms with Gasteiger partial charge in [0.1, 0.15) is 12.4 Å². The highest BCUT2D eigenvalue weighted by Gasteiger charge is 2.15. The molecule has 4 rings (SSSR count). The Bertz CT molecular complexity index is 1280. The minimum absolute atomic E-state index is 0.0769. The number of H-pyrrole nitrogens is 1. The number of nitrogens with zero attached hydrogens (tertiary/aromatic N) is 3. The number of carbonyl (C=O) groups excluding carboxylic acids is 1. The Balaban J connectivity index is 1.26. The lowest BCUT2D eigenvalue weighted by Gasteiger charge is -2.14. The van der Waals surface area contributed by atoms with E-state index in [9.17, 15) is 4.79 Å². The molecule has 178 valence electrons. The fourth-order valence-corrected chi connectivity index (χ4v) is 4.45. The van der Waals surface area contributed by atoms with E-state index in [-0.39, 0.29) is 18.3 Å². The van der Waals surface area contributed by atoms with E-state index < -0.39 is 0 Å². The third kappa shape index (κ3) is 5.53. The van der Waals surface area contributed by atoms with Gasteiger partial charge in [-0.2, -0.15) is 0 Å². The topological polar surface area (TPSA) is 111 Å². The van der Waals surface area contributed by atoms with E-state index in [2.05, 4.69) is 52.5 Å². The van der Waals surface area contributed by atoms with Gasteiger partial charge < -0.3 is 20.9 Å².